The summed E-state index contributed by atoms with van der Waals surface area (Å²) in [5, 5.41) is 0. The summed E-state index contributed by atoms with van der Waals surface area (Å²) in [5.74, 6) is 0. The Morgan fingerprint density at radius 1 is 1.21 bits per heavy atom. The summed E-state index contributed by atoms with van der Waals surface area (Å²) < 4.78 is 0. The lowest BCUT2D eigenvalue weighted by Gasteiger charge is -2.00. The van der Waals surface area contributed by atoms with Crippen LogP contribution in [0.1, 0.15) is 16.8 Å². The number of nitrogens with zero attached hydrogens (tertiary/aromatic N) is 2. The molecule has 0 fully saturated rings. The van der Waals surface area contributed by atoms with Gasteiger partial charge in [0, 0.05) is 30.7 Å². The standard InChI is InChI=1S/C12H12N2/c1-10-4-6-14-12(7-10)8-11-3-2-5-13-9-11/h2-7,9H,8H2,1H3. The van der Waals surface area contributed by atoms with Gasteiger partial charge >= 0.3 is 0 Å². The van der Waals surface area contributed by atoms with E-state index < -0.39 is 0 Å². The number of hydrogen-bond acceptors (Lipinski definition) is 2. The van der Waals surface area contributed by atoms with E-state index in [0.717, 1.165) is 12.1 Å². The molecule has 2 heteroatoms. The van der Waals surface area contributed by atoms with Gasteiger partial charge in [0.1, 0.15) is 0 Å². The molecule has 0 amide bonds. The largest absolute Gasteiger partial charge is 0.264 e. The molecule has 2 aromatic rings. The predicted molar refractivity (Wildman–Crippen MR) is 56.0 cm³/mol. The Hall–Kier alpha value is -1.70. The molecule has 70 valence electrons. The number of aryl methyl sites for hydroxylation is 1. The predicted octanol–water partition coefficient (Wildman–Crippen LogP) is 2.38. The zero-order valence-electron chi connectivity index (χ0n) is 8.14. The zero-order valence-corrected chi connectivity index (χ0v) is 8.14. The Labute approximate surface area is 83.7 Å². The van der Waals surface area contributed by atoms with Crippen LogP contribution in [0.5, 0.6) is 0 Å². The van der Waals surface area contributed by atoms with Gasteiger partial charge in [0.25, 0.3) is 0 Å². The Balaban J connectivity index is 2.19. The van der Waals surface area contributed by atoms with Gasteiger partial charge in [0.2, 0.25) is 0 Å². The third-order valence-electron chi connectivity index (χ3n) is 2.08. The van der Waals surface area contributed by atoms with Crippen LogP contribution >= 0.6 is 0 Å². The van der Waals surface area contributed by atoms with Crippen molar-refractivity contribution in [2.75, 3.05) is 0 Å². The summed E-state index contributed by atoms with van der Waals surface area (Å²) in [7, 11) is 0. The van der Waals surface area contributed by atoms with Crippen molar-refractivity contribution in [3.63, 3.8) is 0 Å². The third-order valence-corrected chi connectivity index (χ3v) is 2.08. The van der Waals surface area contributed by atoms with Gasteiger partial charge in [-0.25, -0.2) is 0 Å². The van der Waals surface area contributed by atoms with Crippen molar-refractivity contribution in [3.8, 4) is 0 Å². The molecule has 0 unspecified atom stereocenters. The smallest absolute Gasteiger partial charge is 0.0450 e. The van der Waals surface area contributed by atoms with E-state index >= 15 is 0 Å². The zero-order chi connectivity index (χ0) is 9.80. The van der Waals surface area contributed by atoms with Crippen LogP contribution in [0.25, 0.3) is 0 Å². The molecular formula is C12H12N2. The van der Waals surface area contributed by atoms with Crippen LogP contribution in [-0.4, -0.2) is 9.97 Å². The minimum atomic E-state index is 0.857. The first-order valence-electron chi connectivity index (χ1n) is 4.65. The summed E-state index contributed by atoms with van der Waals surface area (Å²) in [5.41, 5.74) is 3.54. The van der Waals surface area contributed by atoms with E-state index in [1.165, 1.54) is 11.1 Å². The Bertz CT molecular complexity index is 410. The molecule has 0 spiro atoms. The van der Waals surface area contributed by atoms with E-state index in [1.807, 2.05) is 24.5 Å². The minimum Gasteiger partial charge on any atom is -0.264 e. The average molecular weight is 184 g/mol. The second-order valence-corrected chi connectivity index (χ2v) is 3.36. The van der Waals surface area contributed by atoms with Crippen LogP contribution in [0.2, 0.25) is 0 Å². The van der Waals surface area contributed by atoms with Gasteiger partial charge in [-0.2, -0.15) is 0 Å². The van der Waals surface area contributed by atoms with Crippen molar-refractivity contribution in [2.45, 2.75) is 13.3 Å². The molecule has 14 heavy (non-hydrogen) atoms. The van der Waals surface area contributed by atoms with Gasteiger partial charge in [-0.15, -0.1) is 0 Å². The topological polar surface area (TPSA) is 25.8 Å². The Kier molecular flexibility index (Phi) is 2.54. The van der Waals surface area contributed by atoms with E-state index in [1.54, 1.807) is 6.20 Å². The summed E-state index contributed by atoms with van der Waals surface area (Å²) >= 11 is 0. The highest BCUT2D eigenvalue weighted by Crippen LogP contribution is 2.06. The van der Waals surface area contributed by atoms with E-state index in [0.29, 0.717) is 0 Å². The SMILES string of the molecule is Cc1ccnc(Cc2cccnc2)c1. The third kappa shape index (κ3) is 2.16. The number of hydrogen-bond donors (Lipinski definition) is 0. The molecule has 2 rings (SSSR count). The van der Waals surface area contributed by atoms with Gasteiger partial charge < -0.3 is 0 Å². The number of pyridine rings is 2. The fourth-order valence-electron chi connectivity index (χ4n) is 1.41. The fraction of sp³-hybridized carbons (Fsp3) is 0.167. The second-order valence-electron chi connectivity index (χ2n) is 3.36. The van der Waals surface area contributed by atoms with E-state index in [2.05, 4.69) is 29.0 Å². The molecule has 0 aliphatic heterocycles. The molecule has 2 nitrogen and oxygen atoms in total. The van der Waals surface area contributed by atoms with Crippen LogP contribution in [0, 0.1) is 6.92 Å². The van der Waals surface area contributed by atoms with Crippen molar-refractivity contribution < 1.29 is 0 Å². The molecule has 0 aromatic carbocycles. The average Bonchev–Trinajstić information content (AvgIpc) is 2.19. The lowest BCUT2D eigenvalue weighted by molar-refractivity contribution is 1.05. The second kappa shape index (κ2) is 4.01. The van der Waals surface area contributed by atoms with Crippen LogP contribution in [0.3, 0.4) is 0 Å². The van der Waals surface area contributed by atoms with Crippen LogP contribution in [-0.2, 0) is 6.42 Å². The highest BCUT2D eigenvalue weighted by Gasteiger charge is 1.96. The van der Waals surface area contributed by atoms with Gasteiger partial charge in [0.05, 0.1) is 0 Å². The number of aromatic nitrogens is 2. The van der Waals surface area contributed by atoms with Gasteiger partial charge in [-0.05, 0) is 36.2 Å². The van der Waals surface area contributed by atoms with Crippen LogP contribution in [0.4, 0.5) is 0 Å². The van der Waals surface area contributed by atoms with E-state index in [-0.39, 0.29) is 0 Å². The molecule has 0 atom stereocenters. The molecule has 0 N–H and O–H groups in total. The maximum atomic E-state index is 4.31. The first kappa shape index (κ1) is 8.88. The molecule has 0 radical (unpaired) electrons. The maximum absolute atomic E-state index is 4.31. The molecule has 0 bridgehead atoms. The molecular weight excluding hydrogens is 172 g/mol. The maximum Gasteiger partial charge on any atom is 0.0450 e. The van der Waals surface area contributed by atoms with Gasteiger partial charge in [-0.1, -0.05) is 6.07 Å². The highest BCUT2D eigenvalue weighted by atomic mass is 14.7. The van der Waals surface area contributed by atoms with Crippen molar-refractivity contribution in [1.82, 2.24) is 9.97 Å². The monoisotopic (exact) mass is 184 g/mol. The molecule has 0 aliphatic carbocycles. The molecule has 0 aliphatic rings. The summed E-state index contributed by atoms with van der Waals surface area (Å²) in [6, 6.07) is 8.13. The first-order chi connectivity index (χ1) is 6.84. The molecule has 0 saturated heterocycles. The summed E-state index contributed by atoms with van der Waals surface area (Å²) in [6.07, 6.45) is 6.37. The van der Waals surface area contributed by atoms with E-state index in [9.17, 15) is 0 Å². The van der Waals surface area contributed by atoms with Crippen molar-refractivity contribution in [3.05, 3.63) is 59.7 Å². The number of rotatable bonds is 2. The lowest BCUT2D eigenvalue weighted by Crippen LogP contribution is -1.92. The van der Waals surface area contributed by atoms with Crippen molar-refractivity contribution in [1.29, 1.82) is 0 Å². The molecule has 2 heterocycles. The lowest BCUT2D eigenvalue weighted by atomic mass is 10.1. The quantitative estimate of drug-likeness (QED) is 0.716. The van der Waals surface area contributed by atoms with Crippen LogP contribution in [0.15, 0.2) is 42.9 Å². The Morgan fingerprint density at radius 2 is 2.14 bits per heavy atom. The normalized spacial score (nSPS) is 10.1. The first-order valence-corrected chi connectivity index (χ1v) is 4.65. The van der Waals surface area contributed by atoms with Gasteiger partial charge in [0.15, 0.2) is 0 Å². The van der Waals surface area contributed by atoms with Crippen LogP contribution < -0.4 is 0 Å². The van der Waals surface area contributed by atoms with Crippen molar-refractivity contribution >= 4 is 0 Å². The van der Waals surface area contributed by atoms with Crippen molar-refractivity contribution in [2.24, 2.45) is 0 Å². The highest BCUT2D eigenvalue weighted by molar-refractivity contribution is 5.21. The fourth-order valence-corrected chi connectivity index (χ4v) is 1.41. The summed E-state index contributed by atoms with van der Waals surface area (Å²) in [4.78, 5) is 8.38. The molecule has 2 aromatic heterocycles. The summed E-state index contributed by atoms with van der Waals surface area (Å²) in [6.45, 7) is 2.08. The van der Waals surface area contributed by atoms with Gasteiger partial charge in [-0.3, -0.25) is 9.97 Å². The Morgan fingerprint density at radius 3 is 2.86 bits per heavy atom. The van der Waals surface area contributed by atoms with E-state index in [4.69, 9.17) is 0 Å². The minimum absolute atomic E-state index is 0.857. The molecule has 0 saturated carbocycles.